The Labute approximate surface area is 189 Å². The van der Waals surface area contributed by atoms with Crippen molar-refractivity contribution in [2.24, 2.45) is 0 Å². The summed E-state index contributed by atoms with van der Waals surface area (Å²) in [6, 6.07) is 23.0. The summed E-state index contributed by atoms with van der Waals surface area (Å²) in [6.07, 6.45) is 0. The van der Waals surface area contributed by atoms with Gasteiger partial charge < -0.3 is 10.1 Å². The molecule has 168 valence electrons. The van der Waals surface area contributed by atoms with Gasteiger partial charge in [0, 0.05) is 6.54 Å². The smallest absolute Gasteiger partial charge is 0.264 e. The van der Waals surface area contributed by atoms with Crippen LogP contribution in [0.3, 0.4) is 0 Å². The predicted molar refractivity (Wildman–Crippen MR) is 127 cm³/mol. The first-order valence-electron chi connectivity index (χ1n) is 10.4. The molecule has 32 heavy (non-hydrogen) atoms. The van der Waals surface area contributed by atoms with E-state index in [0.717, 1.165) is 15.4 Å². The third kappa shape index (κ3) is 5.68. The Morgan fingerprint density at radius 3 is 2.19 bits per heavy atom. The first kappa shape index (κ1) is 23.3. The molecule has 0 aliphatic carbocycles. The topological polar surface area (TPSA) is 75.7 Å². The van der Waals surface area contributed by atoms with Crippen molar-refractivity contribution in [1.82, 2.24) is 5.32 Å². The Balaban J connectivity index is 1.81. The SMILES string of the molecule is COc1ccc(S(=O)(=O)N(CC(=O)NC[C@H](C)c2ccccc2)c2ccc(C)cc2)cc1. The van der Waals surface area contributed by atoms with Gasteiger partial charge in [0.1, 0.15) is 12.3 Å². The quantitative estimate of drug-likeness (QED) is 0.530. The number of nitrogens with one attached hydrogen (secondary N) is 1. The van der Waals surface area contributed by atoms with Gasteiger partial charge in [0.25, 0.3) is 10.0 Å². The third-order valence-corrected chi connectivity index (χ3v) is 7.02. The standard InChI is InChI=1S/C25H28N2O4S/c1-19-9-11-22(12-10-19)27(32(29,30)24-15-13-23(31-3)14-16-24)18-25(28)26-17-20(2)21-7-5-4-6-8-21/h4-16,20H,17-18H2,1-3H3,(H,26,28)/t20-/m0/s1. The van der Waals surface area contributed by atoms with E-state index in [0.29, 0.717) is 18.0 Å². The molecule has 0 bridgehead atoms. The molecule has 0 radical (unpaired) electrons. The van der Waals surface area contributed by atoms with E-state index in [1.54, 1.807) is 24.3 Å². The van der Waals surface area contributed by atoms with Crippen LogP contribution in [0.5, 0.6) is 5.75 Å². The summed E-state index contributed by atoms with van der Waals surface area (Å²) in [4.78, 5) is 12.9. The highest BCUT2D eigenvalue weighted by atomic mass is 32.2. The number of aryl methyl sites for hydroxylation is 1. The molecule has 0 spiro atoms. The Hall–Kier alpha value is -3.32. The Bertz CT molecular complexity index is 1130. The molecule has 7 heteroatoms. The zero-order valence-corrected chi connectivity index (χ0v) is 19.3. The van der Waals surface area contributed by atoms with Gasteiger partial charge in [0.15, 0.2) is 0 Å². The first-order valence-corrected chi connectivity index (χ1v) is 11.8. The van der Waals surface area contributed by atoms with Gasteiger partial charge in [-0.1, -0.05) is 55.0 Å². The summed E-state index contributed by atoms with van der Waals surface area (Å²) in [5.41, 5.74) is 2.53. The summed E-state index contributed by atoms with van der Waals surface area (Å²) in [7, 11) is -2.44. The summed E-state index contributed by atoms with van der Waals surface area (Å²) in [5, 5.41) is 2.87. The van der Waals surface area contributed by atoms with Gasteiger partial charge in [-0.05, 0) is 54.8 Å². The number of benzene rings is 3. The number of anilines is 1. The summed E-state index contributed by atoms with van der Waals surface area (Å²) in [6.45, 7) is 4.03. The van der Waals surface area contributed by atoms with Crippen molar-refractivity contribution in [2.45, 2.75) is 24.7 Å². The van der Waals surface area contributed by atoms with Crippen LogP contribution in [0.1, 0.15) is 24.0 Å². The van der Waals surface area contributed by atoms with Crippen LogP contribution in [-0.4, -0.2) is 34.5 Å². The van der Waals surface area contributed by atoms with Crippen LogP contribution in [0.4, 0.5) is 5.69 Å². The molecule has 6 nitrogen and oxygen atoms in total. The molecule has 0 aliphatic heterocycles. The van der Waals surface area contributed by atoms with Gasteiger partial charge in [-0.2, -0.15) is 0 Å². The second kappa shape index (κ2) is 10.3. The number of hydrogen-bond acceptors (Lipinski definition) is 4. The van der Waals surface area contributed by atoms with Gasteiger partial charge in [0.2, 0.25) is 5.91 Å². The number of methoxy groups -OCH3 is 1. The molecule has 0 heterocycles. The molecule has 0 unspecified atom stereocenters. The molecule has 0 aliphatic rings. The first-order chi connectivity index (χ1) is 15.3. The van der Waals surface area contributed by atoms with Crippen molar-refractivity contribution >= 4 is 21.6 Å². The zero-order valence-electron chi connectivity index (χ0n) is 18.5. The van der Waals surface area contributed by atoms with E-state index in [9.17, 15) is 13.2 Å². The van der Waals surface area contributed by atoms with Crippen molar-refractivity contribution in [2.75, 3.05) is 24.5 Å². The van der Waals surface area contributed by atoms with Crippen LogP contribution in [0.15, 0.2) is 83.8 Å². The van der Waals surface area contributed by atoms with E-state index in [-0.39, 0.29) is 23.3 Å². The number of ether oxygens (including phenoxy) is 1. The Morgan fingerprint density at radius 1 is 0.969 bits per heavy atom. The van der Waals surface area contributed by atoms with E-state index in [1.807, 2.05) is 56.3 Å². The van der Waals surface area contributed by atoms with Crippen molar-refractivity contribution in [1.29, 1.82) is 0 Å². The van der Waals surface area contributed by atoms with Crippen LogP contribution in [0.25, 0.3) is 0 Å². The van der Waals surface area contributed by atoms with E-state index >= 15 is 0 Å². The van der Waals surface area contributed by atoms with Crippen molar-refractivity contribution in [3.63, 3.8) is 0 Å². The number of nitrogens with zero attached hydrogens (tertiary/aromatic N) is 1. The second-order valence-electron chi connectivity index (χ2n) is 7.64. The lowest BCUT2D eigenvalue weighted by molar-refractivity contribution is -0.119. The maximum absolute atomic E-state index is 13.4. The maximum Gasteiger partial charge on any atom is 0.264 e. The van der Waals surface area contributed by atoms with Gasteiger partial charge in [-0.3, -0.25) is 9.10 Å². The summed E-state index contributed by atoms with van der Waals surface area (Å²) in [5.74, 6) is 0.287. The molecule has 3 rings (SSSR count). The van der Waals surface area contributed by atoms with Gasteiger partial charge in [-0.15, -0.1) is 0 Å². The van der Waals surface area contributed by atoms with E-state index in [4.69, 9.17) is 4.74 Å². The van der Waals surface area contributed by atoms with Crippen molar-refractivity contribution in [3.05, 3.63) is 90.0 Å². The minimum absolute atomic E-state index is 0.0873. The fourth-order valence-corrected chi connectivity index (χ4v) is 4.67. The fourth-order valence-electron chi connectivity index (χ4n) is 3.25. The number of rotatable bonds is 9. The average Bonchev–Trinajstić information content (AvgIpc) is 2.82. The molecule has 3 aromatic carbocycles. The van der Waals surface area contributed by atoms with Crippen LogP contribution in [0, 0.1) is 6.92 Å². The Kier molecular flexibility index (Phi) is 7.53. The number of amides is 1. The molecule has 1 N–H and O–H groups in total. The monoisotopic (exact) mass is 452 g/mol. The van der Waals surface area contributed by atoms with E-state index < -0.39 is 10.0 Å². The largest absolute Gasteiger partial charge is 0.497 e. The molecule has 0 saturated carbocycles. The molecule has 0 saturated heterocycles. The molecule has 0 aromatic heterocycles. The van der Waals surface area contributed by atoms with Gasteiger partial charge in [0.05, 0.1) is 17.7 Å². The summed E-state index contributed by atoms with van der Waals surface area (Å²) >= 11 is 0. The van der Waals surface area contributed by atoms with Crippen molar-refractivity contribution < 1.29 is 17.9 Å². The number of hydrogen-bond donors (Lipinski definition) is 1. The fraction of sp³-hybridized carbons (Fsp3) is 0.240. The minimum atomic E-state index is -3.96. The lowest BCUT2D eigenvalue weighted by atomic mass is 10.0. The van der Waals surface area contributed by atoms with Crippen LogP contribution < -0.4 is 14.4 Å². The van der Waals surface area contributed by atoms with E-state index in [2.05, 4.69) is 5.32 Å². The third-order valence-electron chi connectivity index (χ3n) is 5.23. The molecule has 1 atom stereocenters. The predicted octanol–water partition coefficient (Wildman–Crippen LogP) is 4.12. The molecular formula is C25H28N2O4S. The normalized spacial score (nSPS) is 12.1. The highest BCUT2D eigenvalue weighted by Crippen LogP contribution is 2.25. The van der Waals surface area contributed by atoms with Crippen LogP contribution in [0.2, 0.25) is 0 Å². The summed E-state index contributed by atoms with van der Waals surface area (Å²) < 4.78 is 33.1. The lowest BCUT2D eigenvalue weighted by Gasteiger charge is -2.25. The van der Waals surface area contributed by atoms with E-state index in [1.165, 1.54) is 19.2 Å². The van der Waals surface area contributed by atoms with Crippen molar-refractivity contribution in [3.8, 4) is 5.75 Å². The number of carbonyl (C=O) groups is 1. The highest BCUT2D eigenvalue weighted by molar-refractivity contribution is 7.92. The molecular weight excluding hydrogens is 424 g/mol. The zero-order chi connectivity index (χ0) is 23.1. The molecule has 0 fully saturated rings. The van der Waals surface area contributed by atoms with Crippen LogP contribution in [-0.2, 0) is 14.8 Å². The molecule has 1 amide bonds. The van der Waals surface area contributed by atoms with Gasteiger partial charge in [-0.25, -0.2) is 8.42 Å². The maximum atomic E-state index is 13.4. The highest BCUT2D eigenvalue weighted by Gasteiger charge is 2.27. The number of sulfonamides is 1. The number of carbonyl (C=O) groups excluding carboxylic acids is 1. The Morgan fingerprint density at radius 2 is 1.59 bits per heavy atom. The second-order valence-corrected chi connectivity index (χ2v) is 9.50. The average molecular weight is 453 g/mol. The lowest BCUT2D eigenvalue weighted by Crippen LogP contribution is -2.41. The minimum Gasteiger partial charge on any atom is -0.497 e. The molecule has 3 aromatic rings. The van der Waals surface area contributed by atoms with Crippen LogP contribution >= 0.6 is 0 Å². The van der Waals surface area contributed by atoms with Gasteiger partial charge >= 0.3 is 0 Å².